The Bertz CT molecular complexity index is 412. The standard InChI is InChI=1S/C13H16ClNO2/c14-10-4-2-9(3-5-10)11(8-15)13(12(16)17)6-1-7-13/h2-5,11H,1,6-8,15H2,(H,16,17)/t11-/m1/s1. The van der Waals surface area contributed by atoms with E-state index in [4.69, 9.17) is 17.3 Å². The van der Waals surface area contributed by atoms with E-state index in [9.17, 15) is 9.90 Å². The minimum atomic E-state index is -0.728. The monoisotopic (exact) mass is 253 g/mol. The summed E-state index contributed by atoms with van der Waals surface area (Å²) in [6, 6.07) is 7.33. The summed E-state index contributed by atoms with van der Waals surface area (Å²) in [4.78, 5) is 11.5. The molecule has 3 N–H and O–H groups in total. The molecule has 0 heterocycles. The van der Waals surface area contributed by atoms with E-state index in [1.54, 1.807) is 12.1 Å². The van der Waals surface area contributed by atoms with Crippen LogP contribution in [0.5, 0.6) is 0 Å². The Morgan fingerprint density at radius 3 is 2.35 bits per heavy atom. The van der Waals surface area contributed by atoms with Crippen LogP contribution in [0.15, 0.2) is 24.3 Å². The Hall–Kier alpha value is -1.06. The minimum Gasteiger partial charge on any atom is -0.481 e. The van der Waals surface area contributed by atoms with Gasteiger partial charge in [0.15, 0.2) is 0 Å². The number of halogens is 1. The second kappa shape index (κ2) is 4.67. The van der Waals surface area contributed by atoms with Crippen LogP contribution in [0.2, 0.25) is 5.02 Å². The number of hydrogen-bond donors (Lipinski definition) is 2. The lowest BCUT2D eigenvalue weighted by Crippen LogP contribution is -2.45. The van der Waals surface area contributed by atoms with Gasteiger partial charge in [0.25, 0.3) is 0 Å². The maximum atomic E-state index is 11.5. The van der Waals surface area contributed by atoms with Gasteiger partial charge >= 0.3 is 5.97 Å². The molecular weight excluding hydrogens is 238 g/mol. The maximum Gasteiger partial charge on any atom is 0.310 e. The number of carboxylic acids is 1. The third-order valence-electron chi connectivity index (χ3n) is 3.85. The van der Waals surface area contributed by atoms with E-state index in [-0.39, 0.29) is 5.92 Å². The van der Waals surface area contributed by atoms with Crippen molar-refractivity contribution < 1.29 is 9.90 Å². The molecule has 17 heavy (non-hydrogen) atoms. The summed E-state index contributed by atoms with van der Waals surface area (Å²) in [6.07, 6.45) is 2.40. The lowest BCUT2D eigenvalue weighted by atomic mass is 9.59. The molecule has 1 aromatic rings. The average Bonchev–Trinajstić information content (AvgIpc) is 2.24. The third-order valence-corrected chi connectivity index (χ3v) is 4.10. The smallest absolute Gasteiger partial charge is 0.310 e. The van der Waals surface area contributed by atoms with Crippen molar-refractivity contribution in [2.75, 3.05) is 6.54 Å². The van der Waals surface area contributed by atoms with Gasteiger partial charge in [-0.15, -0.1) is 0 Å². The largest absolute Gasteiger partial charge is 0.481 e. The summed E-state index contributed by atoms with van der Waals surface area (Å²) in [5, 5.41) is 10.1. The average molecular weight is 254 g/mol. The van der Waals surface area contributed by atoms with Crippen molar-refractivity contribution in [2.45, 2.75) is 25.2 Å². The van der Waals surface area contributed by atoms with Gasteiger partial charge in [0, 0.05) is 17.5 Å². The molecule has 0 aliphatic heterocycles. The zero-order valence-corrected chi connectivity index (χ0v) is 10.3. The molecule has 1 atom stereocenters. The van der Waals surface area contributed by atoms with Gasteiger partial charge in [0.2, 0.25) is 0 Å². The lowest BCUT2D eigenvalue weighted by molar-refractivity contribution is -0.156. The summed E-state index contributed by atoms with van der Waals surface area (Å²) in [5.74, 6) is -0.847. The molecule has 92 valence electrons. The Morgan fingerprint density at radius 2 is 2.00 bits per heavy atom. The molecule has 3 nitrogen and oxygen atoms in total. The first-order valence-electron chi connectivity index (χ1n) is 5.79. The fourth-order valence-electron chi connectivity index (χ4n) is 2.64. The van der Waals surface area contributed by atoms with Crippen LogP contribution in [0.25, 0.3) is 0 Å². The SMILES string of the molecule is NC[C@H](c1ccc(Cl)cc1)C1(C(=O)O)CCC1. The van der Waals surface area contributed by atoms with Crippen LogP contribution in [-0.2, 0) is 4.79 Å². The zero-order valence-electron chi connectivity index (χ0n) is 9.53. The number of benzene rings is 1. The van der Waals surface area contributed by atoms with Crippen LogP contribution in [-0.4, -0.2) is 17.6 Å². The van der Waals surface area contributed by atoms with Crippen molar-refractivity contribution in [3.05, 3.63) is 34.9 Å². The highest BCUT2D eigenvalue weighted by molar-refractivity contribution is 6.30. The summed E-state index contributed by atoms with van der Waals surface area (Å²) in [7, 11) is 0. The first kappa shape index (κ1) is 12.4. The van der Waals surface area contributed by atoms with Gasteiger partial charge in [-0.2, -0.15) is 0 Å². The van der Waals surface area contributed by atoms with Gasteiger partial charge in [0.05, 0.1) is 5.41 Å². The molecule has 0 saturated heterocycles. The summed E-state index contributed by atoms with van der Waals surface area (Å²) in [6.45, 7) is 0.355. The Balaban J connectivity index is 2.32. The van der Waals surface area contributed by atoms with Crippen molar-refractivity contribution in [2.24, 2.45) is 11.1 Å². The predicted octanol–water partition coefficient (Wildman–Crippen LogP) is 2.64. The lowest BCUT2D eigenvalue weighted by Gasteiger charge is -2.44. The van der Waals surface area contributed by atoms with Crippen LogP contribution >= 0.6 is 11.6 Å². The predicted molar refractivity (Wildman–Crippen MR) is 67.2 cm³/mol. The van der Waals surface area contributed by atoms with Gasteiger partial charge in [0.1, 0.15) is 0 Å². The minimum absolute atomic E-state index is 0.119. The fourth-order valence-corrected chi connectivity index (χ4v) is 2.77. The van der Waals surface area contributed by atoms with E-state index < -0.39 is 11.4 Å². The van der Waals surface area contributed by atoms with E-state index in [1.807, 2.05) is 12.1 Å². The van der Waals surface area contributed by atoms with Crippen molar-refractivity contribution >= 4 is 17.6 Å². The van der Waals surface area contributed by atoms with Crippen LogP contribution in [0, 0.1) is 5.41 Å². The van der Waals surface area contributed by atoms with Crippen LogP contribution in [0.3, 0.4) is 0 Å². The van der Waals surface area contributed by atoms with Crippen LogP contribution in [0.4, 0.5) is 0 Å². The van der Waals surface area contributed by atoms with E-state index in [1.165, 1.54) is 0 Å². The highest BCUT2D eigenvalue weighted by Gasteiger charge is 2.50. The molecule has 0 amide bonds. The molecule has 2 rings (SSSR count). The summed E-state index contributed by atoms with van der Waals surface area (Å²) < 4.78 is 0. The van der Waals surface area contributed by atoms with E-state index in [0.29, 0.717) is 24.4 Å². The topological polar surface area (TPSA) is 63.3 Å². The normalized spacial score (nSPS) is 19.4. The van der Waals surface area contributed by atoms with Gasteiger partial charge in [-0.3, -0.25) is 4.79 Å². The molecular formula is C13H16ClNO2. The molecule has 1 saturated carbocycles. The first-order chi connectivity index (χ1) is 8.10. The number of rotatable bonds is 4. The van der Waals surface area contributed by atoms with Crippen molar-refractivity contribution in [1.82, 2.24) is 0 Å². The van der Waals surface area contributed by atoms with Crippen molar-refractivity contribution in [3.8, 4) is 0 Å². The van der Waals surface area contributed by atoms with Crippen LogP contribution in [0.1, 0.15) is 30.7 Å². The molecule has 4 heteroatoms. The van der Waals surface area contributed by atoms with Gasteiger partial charge in [-0.25, -0.2) is 0 Å². The number of nitrogens with two attached hydrogens (primary N) is 1. The zero-order chi connectivity index (χ0) is 12.5. The molecule has 1 aromatic carbocycles. The molecule has 0 aromatic heterocycles. The van der Waals surface area contributed by atoms with Gasteiger partial charge in [-0.1, -0.05) is 30.2 Å². The van der Waals surface area contributed by atoms with E-state index in [0.717, 1.165) is 12.0 Å². The molecule has 1 aliphatic carbocycles. The summed E-state index contributed by atoms with van der Waals surface area (Å²) in [5.41, 5.74) is 6.09. The number of hydrogen-bond acceptors (Lipinski definition) is 2. The number of aliphatic carboxylic acids is 1. The molecule has 1 aliphatic rings. The molecule has 0 bridgehead atoms. The third kappa shape index (κ3) is 2.05. The number of carbonyl (C=O) groups is 1. The van der Waals surface area contributed by atoms with Crippen molar-refractivity contribution in [1.29, 1.82) is 0 Å². The van der Waals surface area contributed by atoms with E-state index >= 15 is 0 Å². The Kier molecular flexibility index (Phi) is 3.40. The highest BCUT2D eigenvalue weighted by atomic mass is 35.5. The summed E-state index contributed by atoms with van der Waals surface area (Å²) >= 11 is 5.84. The fraction of sp³-hybridized carbons (Fsp3) is 0.462. The van der Waals surface area contributed by atoms with Crippen LogP contribution < -0.4 is 5.73 Å². The molecule has 1 fully saturated rings. The Labute approximate surface area is 106 Å². The Morgan fingerprint density at radius 1 is 1.41 bits per heavy atom. The molecule has 0 radical (unpaired) electrons. The van der Waals surface area contributed by atoms with E-state index in [2.05, 4.69) is 0 Å². The van der Waals surface area contributed by atoms with Gasteiger partial charge in [-0.05, 0) is 30.5 Å². The second-order valence-electron chi connectivity index (χ2n) is 4.65. The quantitative estimate of drug-likeness (QED) is 0.867. The molecule has 0 unspecified atom stereocenters. The maximum absolute atomic E-state index is 11.5. The number of carboxylic acid groups (broad SMARTS) is 1. The first-order valence-corrected chi connectivity index (χ1v) is 6.17. The van der Waals surface area contributed by atoms with Gasteiger partial charge < -0.3 is 10.8 Å². The second-order valence-corrected chi connectivity index (χ2v) is 5.09. The molecule has 0 spiro atoms. The highest BCUT2D eigenvalue weighted by Crippen LogP contribution is 2.51. The van der Waals surface area contributed by atoms with Crippen molar-refractivity contribution in [3.63, 3.8) is 0 Å².